The van der Waals surface area contributed by atoms with E-state index in [2.05, 4.69) is 61.9 Å². The van der Waals surface area contributed by atoms with Gasteiger partial charge in [0, 0.05) is 61.3 Å². The summed E-state index contributed by atoms with van der Waals surface area (Å²) in [7, 11) is 0. The number of amides is 2. The van der Waals surface area contributed by atoms with E-state index in [1.807, 2.05) is 50.2 Å². The Kier molecular flexibility index (Phi) is 22.7. The number of hydrogen-bond donors (Lipinski definition) is 4. The van der Waals surface area contributed by atoms with Crippen LogP contribution < -0.4 is 20.9 Å². The molecule has 12 nitrogen and oxygen atoms in total. The van der Waals surface area contributed by atoms with Crippen LogP contribution in [0.25, 0.3) is 22.5 Å². The van der Waals surface area contributed by atoms with Crippen molar-refractivity contribution in [2.75, 3.05) is 37.8 Å². The zero-order chi connectivity index (χ0) is 43.0. The molecular formula is C46H74N8O4. The summed E-state index contributed by atoms with van der Waals surface area (Å²) in [5, 5.41) is 13.6. The maximum Gasteiger partial charge on any atom is 0.219 e. The highest BCUT2D eigenvalue weighted by atomic mass is 16.5. The van der Waals surface area contributed by atoms with E-state index in [-0.39, 0.29) is 11.8 Å². The fourth-order valence-electron chi connectivity index (χ4n) is 6.89. The number of ether oxygens (including phenoxy) is 2. The largest absolute Gasteiger partial charge is 0.491 e. The second kappa shape index (κ2) is 26.8. The number of carbonyl (C=O) groups excluding carboxylic acids is 2. The lowest BCUT2D eigenvalue weighted by atomic mass is 10.0. The third kappa shape index (κ3) is 16.8. The zero-order valence-electron chi connectivity index (χ0n) is 37.2. The Bertz CT molecular complexity index is 1630. The number of aromatic nitrogens is 4. The summed E-state index contributed by atoms with van der Waals surface area (Å²) in [6, 6.07) is 15.3. The molecule has 0 fully saturated rings. The van der Waals surface area contributed by atoms with Crippen LogP contribution in [0, 0.1) is 11.8 Å². The molecule has 2 amide bonds. The van der Waals surface area contributed by atoms with Crippen LogP contribution in [0.15, 0.2) is 48.5 Å². The van der Waals surface area contributed by atoms with E-state index in [0.717, 1.165) is 57.0 Å². The predicted octanol–water partition coefficient (Wildman–Crippen LogP) is 10.3. The molecule has 0 atom stereocenters. The Morgan fingerprint density at radius 1 is 0.638 bits per heavy atom. The number of nitrogens with one attached hydrogen (secondary N) is 2. The van der Waals surface area contributed by atoms with Crippen molar-refractivity contribution in [3.8, 4) is 34.0 Å². The molecule has 2 aromatic carbocycles. The number of nitrogens with two attached hydrogens (primary N) is 2. The molecule has 4 aromatic rings. The molecule has 2 aromatic heterocycles. The minimum Gasteiger partial charge on any atom is -0.491 e. The first-order valence-corrected chi connectivity index (χ1v) is 21.5. The molecule has 2 aliphatic rings. The highest BCUT2D eigenvalue weighted by Crippen LogP contribution is 2.30. The van der Waals surface area contributed by atoms with E-state index < -0.39 is 0 Å². The van der Waals surface area contributed by atoms with Gasteiger partial charge in [-0.2, -0.15) is 10.2 Å². The van der Waals surface area contributed by atoms with E-state index in [1.54, 1.807) is 35.8 Å². The molecule has 0 radical (unpaired) electrons. The summed E-state index contributed by atoms with van der Waals surface area (Å²) in [4.78, 5) is 26.7. The van der Waals surface area contributed by atoms with Gasteiger partial charge in [0.2, 0.25) is 11.8 Å². The fourth-order valence-corrected chi connectivity index (χ4v) is 6.89. The molecule has 322 valence electrons. The predicted molar refractivity (Wildman–Crippen MR) is 239 cm³/mol. The smallest absolute Gasteiger partial charge is 0.219 e. The van der Waals surface area contributed by atoms with Crippen LogP contribution in [-0.4, -0.2) is 68.3 Å². The molecule has 4 heterocycles. The van der Waals surface area contributed by atoms with Gasteiger partial charge < -0.3 is 30.7 Å². The topological polar surface area (TPSA) is 168 Å². The first-order chi connectivity index (χ1) is 27.9. The molecular weight excluding hydrogens is 729 g/mol. The number of hydrogen-bond acceptors (Lipinski definition) is 8. The Hall–Kier alpha value is -5.00. The van der Waals surface area contributed by atoms with Crippen LogP contribution in [0.2, 0.25) is 0 Å². The van der Waals surface area contributed by atoms with Crippen LogP contribution in [0.3, 0.4) is 0 Å². The first-order valence-electron chi connectivity index (χ1n) is 21.5. The average Bonchev–Trinajstić information content (AvgIpc) is 3.69. The Morgan fingerprint density at radius 3 is 1.26 bits per heavy atom. The van der Waals surface area contributed by atoms with Gasteiger partial charge in [-0.05, 0) is 48.2 Å². The Balaban J connectivity index is 0.000000286. The van der Waals surface area contributed by atoms with Crippen LogP contribution in [-0.2, 0) is 22.7 Å². The molecule has 0 bridgehead atoms. The lowest BCUT2D eigenvalue weighted by Gasteiger charge is -2.17. The van der Waals surface area contributed by atoms with Crippen molar-refractivity contribution in [2.24, 2.45) is 11.8 Å². The van der Waals surface area contributed by atoms with E-state index in [9.17, 15) is 9.59 Å². The normalized spacial score (nSPS) is 12.9. The molecule has 6 rings (SSSR count). The molecule has 58 heavy (non-hydrogen) atoms. The van der Waals surface area contributed by atoms with Crippen LogP contribution >= 0.6 is 0 Å². The van der Waals surface area contributed by atoms with E-state index in [1.165, 1.54) is 51.4 Å². The monoisotopic (exact) mass is 803 g/mol. The minimum absolute atomic E-state index is 0.0534. The van der Waals surface area contributed by atoms with Gasteiger partial charge in [-0.3, -0.25) is 19.8 Å². The lowest BCUT2D eigenvalue weighted by molar-refractivity contribution is -0.130. The molecule has 0 spiro atoms. The molecule has 0 aliphatic carbocycles. The van der Waals surface area contributed by atoms with Gasteiger partial charge in [0.25, 0.3) is 0 Å². The second-order valence-electron chi connectivity index (χ2n) is 15.0. The average molecular weight is 803 g/mol. The van der Waals surface area contributed by atoms with Gasteiger partial charge in [0.15, 0.2) is 0 Å². The van der Waals surface area contributed by atoms with Crippen LogP contribution in [0.1, 0.15) is 132 Å². The number of nitrogen functional groups attached to an aromatic ring is 2. The molecule has 0 unspecified atom stereocenters. The van der Waals surface area contributed by atoms with Crippen molar-refractivity contribution in [1.82, 2.24) is 30.2 Å². The number of H-pyrrole nitrogens is 2. The van der Waals surface area contributed by atoms with Crippen LogP contribution in [0.4, 0.5) is 11.6 Å². The van der Waals surface area contributed by atoms with E-state index >= 15 is 0 Å². The number of anilines is 2. The van der Waals surface area contributed by atoms with Gasteiger partial charge in [0.05, 0.1) is 24.5 Å². The number of nitrogens with zero attached hydrogens (tertiary/aromatic N) is 4. The summed E-state index contributed by atoms with van der Waals surface area (Å²) >= 11 is 0. The van der Waals surface area contributed by atoms with E-state index in [0.29, 0.717) is 51.0 Å². The van der Waals surface area contributed by atoms with Gasteiger partial charge in [-0.25, -0.2) is 0 Å². The molecule has 0 saturated carbocycles. The molecule has 12 heteroatoms. The zero-order valence-corrected chi connectivity index (χ0v) is 37.2. The molecule has 6 N–H and O–H groups in total. The maximum absolute atomic E-state index is 11.6. The van der Waals surface area contributed by atoms with Gasteiger partial charge >= 0.3 is 0 Å². The summed E-state index contributed by atoms with van der Waals surface area (Å²) in [6.07, 6.45) is 11.0. The Labute approximate surface area is 348 Å². The molecule has 2 aliphatic heterocycles. The van der Waals surface area contributed by atoms with Crippen molar-refractivity contribution in [1.29, 1.82) is 0 Å². The quantitative estimate of drug-likeness (QED) is 0.123. The highest BCUT2D eigenvalue weighted by Gasteiger charge is 2.19. The highest BCUT2D eigenvalue weighted by molar-refractivity contribution is 5.74. The summed E-state index contributed by atoms with van der Waals surface area (Å²) in [6.45, 7) is 24.2. The Morgan fingerprint density at radius 2 is 0.983 bits per heavy atom. The SMILES string of the molecule is CC.CC(=O)N1CCOc2ccc(-c3cc(N)n[nH]3)cc2C1.CC(=O)N1CCOc2ccc(-c3cc(N)n[nH]3)cc2C1.CCCC(C)CCC.CCCC(C)CCC. The summed E-state index contributed by atoms with van der Waals surface area (Å²) < 4.78 is 11.4. The fraction of sp³-hybridized carbons (Fsp3) is 0.565. The second-order valence-corrected chi connectivity index (χ2v) is 15.0. The van der Waals surface area contributed by atoms with Crippen LogP contribution in [0.5, 0.6) is 11.5 Å². The van der Waals surface area contributed by atoms with Crippen molar-refractivity contribution < 1.29 is 19.1 Å². The third-order valence-electron chi connectivity index (χ3n) is 9.91. The standard InChI is InChI=1S/2C14H16N4O2.2C8H18.C2H6/c2*1-9(19)18-4-5-20-13-3-2-10(6-11(13)8-18)12-7-14(15)17-16-12;2*1-4-6-8(3)7-5-2;1-2/h2*2-3,6-7H,4-5,8H2,1H3,(H3,15,16,17);2*8H,4-7H2,1-3H3;1-2H3. The van der Waals surface area contributed by atoms with E-state index in [4.69, 9.17) is 20.9 Å². The third-order valence-corrected chi connectivity index (χ3v) is 9.91. The lowest BCUT2D eigenvalue weighted by Crippen LogP contribution is -2.30. The van der Waals surface area contributed by atoms with Crippen molar-refractivity contribution in [3.63, 3.8) is 0 Å². The molecule has 0 saturated heterocycles. The van der Waals surface area contributed by atoms with Crippen molar-refractivity contribution in [3.05, 3.63) is 59.7 Å². The van der Waals surface area contributed by atoms with Gasteiger partial charge in [-0.1, -0.05) is 107 Å². The maximum atomic E-state index is 11.6. The number of fused-ring (bicyclic) bond motifs is 2. The number of aromatic amines is 2. The number of benzene rings is 2. The first kappa shape index (κ1) is 49.1. The number of carbonyl (C=O) groups is 2. The van der Waals surface area contributed by atoms with Crippen molar-refractivity contribution in [2.45, 2.75) is 134 Å². The van der Waals surface area contributed by atoms with Gasteiger partial charge in [-0.15, -0.1) is 0 Å². The minimum atomic E-state index is 0.0534. The van der Waals surface area contributed by atoms with Gasteiger partial charge in [0.1, 0.15) is 36.3 Å². The summed E-state index contributed by atoms with van der Waals surface area (Å²) in [5.41, 5.74) is 16.9. The van der Waals surface area contributed by atoms with Crippen molar-refractivity contribution >= 4 is 23.5 Å². The summed E-state index contributed by atoms with van der Waals surface area (Å²) in [5.74, 6) is 4.59. The number of rotatable bonds is 10.